The largest absolute Gasteiger partial charge is 0.473 e. The highest BCUT2D eigenvalue weighted by Gasteiger charge is 2.17. The van der Waals surface area contributed by atoms with E-state index in [-0.39, 0.29) is 6.10 Å². The molecule has 1 fully saturated rings. The van der Waals surface area contributed by atoms with E-state index in [2.05, 4.69) is 47.6 Å². The first-order chi connectivity index (χ1) is 12.8. The maximum atomic E-state index is 10.5. The van der Waals surface area contributed by atoms with Crippen molar-refractivity contribution in [1.29, 1.82) is 0 Å². The Labute approximate surface area is 158 Å². The Morgan fingerprint density at radius 3 is 2.19 bits per heavy atom. The van der Waals surface area contributed by atoms with Crippen molar-refractivity contribution in [2.75, 3.05) is 19.6 Å². The van der Waals surface area contributed by atoms with Gasteiger partial charge in [-0.1, -0.05) is 24.6 Å². The predicted molar refractivity (Wildman–Crippen MR) is 103 cm³/mol. The van der Waals surface area contributed by atoms with Gasteiger partial charge < -0.3 is 24.8 Å². The van der Waals surface area contributed by atoms with Crippen LogP contribution in [0.25, 0.3) is 10.9 Å². The van der Waals surface area contributed by atoms with Crippen molar-refractivity contribution in [2.24, 2.45) is 0 Å². The standard InChI is InChI=1S/C18H26N2O.C2H2O4/c1-14-15(2)20(18-9-5-4-8-17(14)18)13-16(21)12-19-10-6-3-7-11-19;3-1(4)2(5)6/h4-5,8-9,16,21H,3,6-7,10-13H2,1-2H3;(H,3,4)(H,5,6). The third kappa shape index (κ3) is 5.55. The van der Waals surface area contributed by atoms with Crippen molar-refractivity contribution in [3.63, 3.8) is 0 Å². The highest BCUT2D eigenvalue weighted by atomic mass is 16.4. The first kappa shape index (κ1) is 20.9. The lowest BCUT2D eigenvalue weighted by Crippen LogP contribution is -2.38. The number of piperidine rings is 1. The number of nitrogens with zero attached hydrogens (tertiary/aromatic N) is 2. The van der Waals surface area contributed by atoms with Crippen LogP contribution in [0.3, 0.4) is 0 Å². The molecular formula is C20H28N2O5. The van der Waals surface area contributed by atoms with Gasteiger partial charge in [-0.05, 0) is 51.4 Å². The van der Waals surface area contributed by atoms with Crippen LogP contribution < -0.4 is 0 Å². The molecule has 7 nitrogen and oxygen atoms in total. The second kappa shape index (κ2) is 9.53. The Kier molecular flexibility index (Phi) is 7.38. The van der Waals surface area contributed by atoms with Gasteiger partial charge in [0.25, 0.3) is 0 Å². The Hall–Kier alpha value is -2.38. The Morgan fingerprint density at radius 1 is 1.00 bits per heavy atom. The molecule has 1 aromatic carbocycles. The maximum absolute atomic E-state index is 10.5. The summed E-state index contributed by atoms with van der Waals surface area (Å²) in [6.45, 7) is 8.10. The van der Waals surface area contributed by atoms with Crippen molar-refractivity contribution in [3.05, 3.63) is 35.5 Å². The number of hydrogen-bond acceptors (Lipinski definition) is 4. The molecule has 0 saturated carbocycles. The summed E-state index contributed by atoms with van der Waals surface area (Å²) in [6.07, 6.45) is 3.60. The molecule has 2 heterocycles. The van der Waals surface area contributed by atoms with Crippen LogP contribution in [0.1, 0.15) is 30.5 Å². The summed E-state index contributed by atoms with van der Waals surface area (Å²) in [5, 5.41) is 26.6. The quantitative estimate of drug-likeness (QED) is 0.708. The van der Waals surface area contributed by atoms with Gasteiger partial charge in [-0.3, -0.25) is 0 Å². The molecule has 1 atom stereocenters. The molecule has 27 heavy (non-hydrogen) atoms. The number of carboxylic acid groups (broad SMARTS) is 2. The molecule has 7 heteroatoms. The first-order valence-electron chi connectivity index (χ1n) is 9.22. The molecule has 0 amide bonds. The van der Waals surface area contributed by atoms with Gasteiger partial charge in [-0.25, -0.2) is 9.59 Å². The van der Waals surface area contributed by atoms with Crippen LogP contribution in [-0.4, -0.2) is 62.5 Å². The molecule has 3 rings (SSSR count). The number of fused-ring (bicyclic) bond motifs is 1. The molecule has 0 bridgehead atoms. The van der Waals surface area contributed by atoms with Gasteiger partial charge in [0, 0.05) is 23.1 Å². The second-order valence-electron chi connectivity index (χ2n) is 6.96. The smallest absolute Gasteiger partial charge is 0.414 e. The number of aryl methyl sites for hydroxylation is 1. The van der Waals surface area contributed by atoms with E-state index in [0.717, 1.165) is 19.6 Å². The SMILES string of the molecule is Cc1c(C)n(CC(O)CN2CCCCC2)c2ccccc12.O=C(O)C(=O)O. The predicted octanol–water partition coefficient (Wildman–Crippen LogP) is 2.26. The number of β-amino-alcohol motifs (C(OH)–C–C–N with tert-alkyl or cyclic N) is 1. The molecule has 2 aromatic rings. The lowest BCUT2D eigenvalue weighted by Gasteiger charge is -2.28. The number of benzene rings is 1. The van der Waals surface area contributed by atoms with Crippen LogP contribution in [0.2, 0.25) is 0 Å². The summed E-state index contributed by atoms with van der Waals surface area (Å²) in [5.41, 5.74) is 3.84. The number of aliphatic hydroxyl groups excluding tert-OH is 1. The van der Waals surface area contributed by atoms with Crippen LogP contribution in [-0.2, 0) is 16.1 Å². The average Bonchev–Trinajstić information content (AvgIpc) is 2.88. The summed E-state index contributed by atoms with van der Waals surface area (Å²) in [6, 6.07) is 8.49. The van der Waals surface area contributed by atoms with E-state index in [9.17, 15) is 5.11 Å². The molecule has 0 spiro atoms. The van der Waals surface area contributed by atoms with Crippen molar-refractivity contribution < 1.29 is 24.9 Å². The highest BCUT2D eigenvalue weighted by Crippen LogP contribution is 2.25. The monoisotopic (exact) mass is 376 g/mol. The number of aromatic nitrogens is 1. The van der Waals surface area contributed by atoms with Gasteiger partial charge in [0.2, 0.25) is 0 Å². The van der Waals surface area contributed by atoms with E-state index < -0.39 is 11.9 Å². The van der Waals surface area contributed by atoms with Gasteiger partial charge >= 0.3 is 11.9 Å². The molecule has 148 valence electrons. The Bertz CT molecular complexity index is 781. The number of carbonyl (C=O) groups is 2. The Morgan fingerprint density at radius 2 is 1.59 bits per heavy atom. The van der Waals surface area contributed by atoms with Crippen molar-refractivity contribution in [2.45, 2.75) is 45.8 Å². The highest BCUT2D eigenvalue weighted by molar-refractivity contribution is 6.27. The van der Waals surface area contributed by atoms with E-state index in [4.69, 9.17) is 19.8 Å². The number of para-hydroxylation sites is 1. The maximum Gasteiger partial charge on any atom is 0.414 e. The minimum Gasteiger partial charge on any atom is -0.473 e. The average molecular weight is 376 g/mol. The molecule has 1 unspecified atom stereocenters. The van der Waals surface area contributed by atoms with Crippen LogP contribution in [0, 0.1) is 13.8 Å². The minimum atomic E-state index is -1.82. The molecule has 1 aliphatic rings. The fraction of sp³-hybridized carbons (Fsp3) is 0.500. The van der Waals surface area contributed by atoms with Gasteiger partial charge in [0.05, 0.1) is 12.6 Å². The summed E-state index contributed by atoms with van der Waals surface area (Å²) in [7, 11) is 0. The van der Waals surface area contributed by atoms with Crippen LogP contribution in [0.15, 0.2) is 24.3 Å². The van der Waals surface area contributed by atoms with Crippen molar-refractivity contribution in [1.82, 2.24) is 9.47 Å². The Balaban J connectivity index is 0.000000380. The molecule has 0 radical (unpaired) electrons. The normalized spacial score (nSPS) is 15.8. The zero-order valence-corrected chi connectivity index (χ0v) is 15.9. The fourth-order valence-corrected chi connectivity index (χ4v) is 3.55. The van der Waals surface area contributed by atoms with Crippen molar-refractivity contribution in [3.8, 4) is 0 Å². The van der Waals surface area contributed by atoms with Crippen LogP contribution in [0.4, 0.5) is 0 Å². The number of aliphatic carboxylic acids is 2. The summed E-state index contributed by atoms with van der Waals surface area (Å²) >= 11 is 0. The zero-order valence-electron chi connectivity index (χ0n) is 15.9. The van der Waals surface area contributed by atoms with Gasteiger partial charge in [-0.2, -0.15) is 0 Å². The van der Waals surface area contributed by atoms with E-state index in [1.54, 1.807) is 0 Å². The lowest BCUT2D eigenvalue weighted by molar-refractivity contribution is -0.159. The number of hydrogen-bond donors (Lipinski definition) is 3. The van der Waals surface area contributed by atoms with Gasteiger partial charge in [0.1, 0.15) is 0 Å². The molecule has 1 aromatic heterocycles. The molecule has 1 saturated heterocycles. The fourth-order valence-electron chi connectivity index (χ4n) is 3.55. The van der Waals surface area contributed by atoms with E-state index in [1.165, 1.54) is 41.4 Å². The van der Waals surface area contributed by atoms with E-state index in [0.29, 0.717) is 6.54 Å². The molecule has 0 aliphatic carbocycles. The molecule has 1 aliphatic heterocycles. The number of aliphatic hydroxyl groups is 1. The zero-order chi connectivity index (χ0) is 20.0. The summed E-state index contributed by atoms with van der Waals surface area (Å²) in [4.78, 5) is 20.6. The van der Waals surface area contributed by atoms with Gasteiger partial charge in [0.15, 0.2) is 0 Å². The number of carboxylic acids is 2. The van der Waals surface area contributed by atoms with Gasteiger partial charge in [-0.15, -0.1) is 0 Å². The third-order valence-electron chi connectivity index (χ3n) is 5.04. The van der Waals surface area contributed by atoms with E-state index >= 15 is 0 Å². The van der Waals surface area contributed by atoms with Crippen LogP contribution >= 0.6 is 0 Å². The first-order valence-corrected chi connectivity index (χ1v) is 9.22. The van der Waals surface area contributed by atoms with E-state index in [1.807, 2.05) is 0 Å². The minimum absolute atomic E-state index is 0.294. The topological polar surface area (TPSA) is 103 Å². The molecular weight excluding hydrogens is 348 g/mol. The summed E-state index contributed by atoms with van der Waals surface area (Å²) in [5.74, 6) is -3.65. The lowest BCUT2D eigenvalue weighted by atomic mass is 10.1. The number of likely N-dealkylation sites (tertiary alicyclic amines) is 1. The van der Waals surface area contributed by atoms with Crippen molar-refractivity contribution >= 4 is 22.8 Å². The van der Waals surface area contributed by atoms with Crippen LogP contribution in [0.5, 0.6) is 0 Å². The summed E-state index contributed by atoms with van der Waals surface area (Å²) < 4.78 is 2.28. The number of rotatable bonds is 4. The third-order valence-corrected chi connectivity index (χ3v) is 5.04. The molecule has 3 N–H and O–H groups in total. The second-order valence-corrected chi connectivity index (χ2v) is 6.96.